The van der Waals surface area contributed by atoms with Gasteiger partial charge in [-0.15, -0.1) is 0 Å². The monoisotopic (exact) mass is 458 g/mol. The molecule has 1 amide bonds. The molecular weight excluding hydrogens is 424 g/mol. The number of nitrogens with zero attached hydrogens (tertiary/aromatic N) is 5. The fourth-order valence-electron chi connectivity index (χ4n) is 4.14. The van der Waals surface area contributed by atoms with E-state index in [0.717, 1.165) is 17.9 Å². The first-order chi connectivity index (χ1) is 16.4. The number of hydrogen-bond donors (Lipinski definition) is 1. The van der Waals surface area contributed by atoms with E-state index in [9.17, 15) is 4.79 Å². The number of amides is 1. The summed E-state index contributed by atoms with van der Waals surface area (Å²) >= 11 is 0. The van der Waals surface area contributed by atoms with Gasteiger partial charge in [0.05, 0.1) is 6.54 Å². The van der Waals surface area contributed by atoms with Gasteiger partial charge in [0.2, 0.25) is 5.95 Å². The van der Waals surface area contributed by atoms with Crippen LogP contribution in [-0.2, 0) is 19.6 Å². The Kier molecular flexibility index (Phi) is 7.43. The SMILES string of the molecule is CC(C)N1Cc2c(nc(NCCN(C)C)nc2N(Cc2ccccc2)Cc2ccccc2)C1=O. The lowest BCUT2D eigenvalue weighted by Gasteiger charge is -2.27. The molecule has 7 nitrogen and oxygen atoms in total. The lowest BCUT2D eigenvalue weighted by Crippen LogP contribution is -2.31. The molecule has 1 aliphatic rings. The van der Waals surface area contributed by atoms with Crippen LogP contribution in [0.2, 0.25) is 0 Å². The molecule has 1 aliphatic heterocycles. The number of likely N-dealkylation sites (N-methyl/N-ethyl adjacent to an activating group) is 1. The highest BCUT2D eigenvalue weighted by atomic mass is 16.2. The van der Waals surface area contributed by atoms with Crippen LogP contribution >= 0.6 is 0 Å². The molecule has 178 valence electrons. The summed E-state index contributed by atoms with van der Waals surface area (Å²) in [6, 6.07) is 20.9. The first kappa shape index (κ1) is 23.7. The second-order valence-electron chi connectivity index (χ2n) is 9.28. The van der Waals surface area contributed by atoms with E-state index < -0.39 is 0 Å². The van der Waals surface area contributed by atoms with Gasteiger partial charge in [0.25, 0.3) is 5.91 Å². The van der Waals surface area contributed by atoms with Crippen LogP contribution in [0, 0.1) is 0 Å². The van der Waals surface area contributed by atoms with E-state index in [0.29, 0.717) is 37.8 Å². The minimum Gasteiger partial charge on any atom is -0.353 e. The molecule has 4 rings (SSSR count). The molecule has 0 saturated heterocycles. The summed E-state index contributed by atoms with van der Waals surface area (Å²) in [5, 5.41) is 3.33. The van der Waals surface area contributed by atoms with Gasteiger partial charge in [-0.3, -0.25) is 4.79 Å². The van der Waals surface area contributed by atoms with E-state index in [4.69, 9.17) is 4.98 Å². The highest BCUT2D eigenvalue weighted by Crippen LogP contribution is 2.33. The minimum absolute atomic E-state index is 0.0244. The summed E-state index contributed by atoms with van der Waals surface area (Å²) in [5.41, 5.74) is 3.80. The van der Waals surface area contributed by atoms with Crippen LogP contribution in [0.15, 0.2) is 60.7 Å². The summed E-state index contributed by atoms with van der Waals surface area (Å²) in [6.07, 6.45) is 0. The molecule has 2 aromatic carbocycles. The second kappa shape index (κ2) is 10.7. The topological polar surface area (TPSA) is 64.6 Å². The third-order valence-electron chi connectivity index (χ3n) is 5.97. The quantitative estimate of drug-likeness (QED) is 0.495. The molecule has 0 radical (unpaired) electrons. The number of carbonyl (C=O) groups is 1. The zero-order chi connectivity index (χ0) is 24.1. The number of hydrogen-bond acceptors (Lipinski definition) is 6. The predicted molar refractivity (Wildman–Crippen MR) is 137 cm³/mol. The molecule has 3 aromatic rings. The Hall–Kier alpha value is -3.45. The van der Waals surface area contributed by atoms with Crippen molar-refractivity contribution < 1.29 is 4.79 Å². The fourth-order valence-corrected chi connectivity index (χ4v) is 4.14. The van der Waals surface area contributed by atoms with Crippen molar-refractivity contribution in [3.8, 4) is 0 Å². The van der Waals surface area contributed by atoms with Crippen molar-refractivity contribution in [2.75, 3.05) is 37.4 Å². The predicted octanol–water partition coefficient (Wildman–Crippen LogP) is 4.02. The summed E-state index contributed by atoms with van der Waals surface area (Å²) in [5.74, 6) is 1.30. The van der Waals surface area contributed by atoms with Crippen LogP contribution in [0.3, 0.4) is 0 Å². The molecule has 0 bridgehead atoms. The van der Waals surface area contributed by atoms with Gasteiger partial charge in [-0.05, 0) is 39.1 Å². The highest BCUT2D eigenvalue weighted by Gasteiger charge is 2.35. The van der Waals surface area contributed by atoms with E-state index in [1.54, 1.807) is 0 Å². The molecule has 0 saturated carbocycles. The number of carbonyl (C=O) groups excluding carboxylic acids is 1. The van der Waals surface area contributed by atoms with E-state index in [1.807, 2.05) is 45.0 Å². The fraction of sp³-hybridized carbons (Fsp3) is 0.370. The summed E-state index contributed by atoms with van der Waals surface area (Å²) in [6.45, 7) is 7.53. The lowest BCUT2D eigenvalue weighted by atomic mass is 10.1. The van der Waals surface area contributed by atoms with Gasteiger partial charge in [-0.2, -0.15) is 4.98 Å². The van der Waals surface area contributed by atoms with Crippen molar-refractivity contribution in [1.29, 1.82) is 0 Å². The van der Waals surface area contributed by atoms with Gasteiger partial charge in [0.1, 0.15) is 11.5 Å². The van der Waals surface area contributed by atoms with Gasteiger partial charge in [-0.1, -0.05) is 60.7 Å². The normalized spacial score (nSPS) is 13.0. The molecule has 0 fully saturated rings. The van der Waals surface area contributed by atoms with E-state index in [1.165, 1.54) is 11.1 Å². The summed E-state index contributed by atoms with van der Waals surface area (Å²) in [4.78, 5) is 29.1. The van der Waals surface area contributed by atoms with Crippen LogP contribution in [0.1, 0.15) is 41.0 Å². The Labute approximate surface area is 202 Å². The molecular formula is C27H34N6O. The number of rotatable bonds is 10. The van der Waals surface area contributed by atoms with Gasteiger partial charge < -0.3 is 20.0 Å². The van der Waals surface area contributed by atoms with Crippen LogP contribution in [0.5, 0.6) is 0 Å². The molecule has 34 heavy (non-hydrogen) atoms. The maximum absolute atomic E-state index is 13.2. The number of nitrogens with one attached hydrogen (secondary N) is 1. The number of anilines is 2. The van der Waals surface area contributed by atoms with Crippen molar-refractivity contribution in [2.24, 2.45) is 0 Å². The molecule has 1 N–H and O–H groups in total. The number of benzene rings is 2. The largest absolute Gasteiger partial charge is 0.353 e. The summed E-state index contributed by atoms with van der Waals surface area (Å²) < 4.78 is 0. The molecule has 0 atom stereocenters. The molecule has 7 heteroatoms. The lowest BCUT2D eigenvalue weighted by molar-refractivity contribution is 0.0726. The molecule has 0 spiro atoms. The maximum atomic E-state index is 13.2. The van der Waals surface area contributed by atoms with Crippen LogP contribution in [-0.4, -0.2) is 58.9 Å². The van der Waals surface area contributed by atoms with Crippen LogP contribution in [0.4, 0.5) is 11.8 Å². The minimum atomic E-state index is -0.0244. The smallest absolute Gasteiger partial charge is 0.273 e. The van der Waals surface area contributed by atoms with Crippen molar-refractivity contribution in [1.82, 2.24) is 19.8 Å². The van der Waals surface area contributed by atoms with Crippen molar-refractivity contribution in [3.63, 3.8) is 0 Å². The zero-order valence-corrected chi connectivity index (χ0v) is 20.5. The van der Waals surface area contributed by atoms with Gasteiger partial charge in [-0.25, -0.2) is 4.98 Å². The van der Waals surface area contributed by atoms with Crippen LogP contribution in [0.25, 0.3) is 0 Å². The molecule has 0 aliphatic carbocycles. The zero-order valence-electron chi connectivity index (χ0n) is 20.5. The summed E-state index contributed by atoms with van der Waals surface area (Å²) in [7, 11) is 4.06. The van der Waals surface area contributed by atoms with E-state index >= 15 is 0 Å². The molecule has 0 unspecified atom stereocenters. The third-order valence-corrected chi connectivity index (χ3v) is 5.97. The first-order valence-corrected chi connectivity index (χ1v) is 11.9. The number of fused-ring (bicyclic) bond motifs is 1. The molecule has 2 heterocycles. The Morgan fingerprint density at radius 1 is 0.941 bits per heavy atom. The van der Waals surface area contributed by atoms with Gasteiger partial charge >= 0.3 is 0 Å². The first-order valence-electron chi connectivity index (χ1n) is 11.9. The van der Waals surface area contributed by atoms with Crippen molar-refractivity contribution in [3.05, 3.63) is 83.0 Å². The number of aromatic nitrogens is 2. The van der Waals surface area contributed by atoms with E-state index in [2.05, 4.69) is 68.6 Å². The maximum Gasteiger partial charge on any atom is 0.273 e. The van der Waals surface area contributed by atoms with Gasteiger partial charge in [0.15, 0.2) is 0 Å². The average Bonchev–Trinajstić information content (AvgIpc) is 3.16. The second-order valence-corrected chi connectivity index (χ2v) is 9.28. The van der Waals surface area contributed by atoms with E-state index in [-0.39, 0.29) is 11.9 Å². The Morgan fingerprint density at radius 2 is 1.53 bits per heavy atom. The molecule has 1 aromatic heterocycles. The van der Waals surface area contributed by atoms with Crippen LogP contribution < -0.4 is 10.2 Å². The van der Waals surface area contributed by atoms with Crippen molar-refractivity contribution in [2.45, 2.75) is 39.5 Å². The standard InChI is InChI=1S/C27H34N6O/c1-20(2)33-19-23-24(26(33)34)29-27(28-15-16-31(3)4)30-25(23)32(17-21-11-7-5-8-12-21)18-22-13-9-6-10-14-22/h5-14,20H,15-19H2,1-4H3,(H,28,29,30). The third kappa shape index (κ3) is 5.54. The van der Waals surface area contributed by atoms with Gasteiger partial charge in [0, 0.05) is 37.8 Å². The van der Waals surface area contributed by atoms with Crippen molar-refractivity contribution >= 4 is 17.7 Å². The average molecular weight is 459 g/mol. The highest BCUT2D eigenvalue weighted by molar-refractivity contribution is 5.98. The Balaban J connectivity index is 1.76. The Morgan fingerprint density at radius 3 is 2.06 bits per heavy atom. The Bertz CT molecular complexity index is 1060.